The Morgan fingerprint density at radius 3 is 2.80 bits per heavy atom. The van der Waals surface area contributed by atoms with Gasteiger partial charge in [0.1, 0.15) is 27.1 Å². The van der Waals surface area contributed by atoms with Gasteiger partial charge in [-0.05, 0) is 30.0 Å². The molecule has 2 aromatic heterocycles. The minimum atomic E-state index is -0.410. The van der Waals surface area contributed by atoms with Gasteiger partial charge in [-0.25, -0.2) is 14.4 Å². The molecular formula is C14H10ClFN2OS. The third kappa shape index (κ3) is 2.03. The van der Waals surface area contributed by atoms with Crippen molar-refractivity contribution in [3.63, 3.8) is 0 Å². The highest BCUT2D eigenvalue weighted by Crippen LogP contribution is 2.36. The number of nitrogens with zero attached hydrogens (tertiary/aromatic N) is 2. The third-order valence-electron chi connectivity index (χ3n) is 3.02. The lowest BCUT2D eigenvalue weighted by Crippen LogP contribution is -1.96. The highest BCUT2D eigenvalue weighted by atomic mass is 35.5. The second-order valence-electron chi connectivity index (χ2n) is 4.24. The maximum Gasteiger partial charge on any atom is 0.175 e. The number of rotatable bonds is 2. The van der Waals surface area contributed by atoms with Crippen LogP contribution in [0.25, 0.3) is 21.6 Å². The van der Waals surface area contributed by atoms with Gasteiger partial charge in [0, 0.05) is 5.39 Å². The molecule has 0 atom stereocenters. The number of benzene rings is 1. The van der Waals surface area contributed by atoms with Crippen LogP contribution in [0.1, 0.15) is 5.56 Å². The number of thiophene rings is 1. The van der Waals surface area contributed by atoms with Crippen LogP contribution in [0.4, 0.5) is 4.39 Å². The fourth-order valence-electron chi connectivity index (χ4n) is 2.04. The van der Waals surface area contributed by atoms with Crippen molar-refractivity contribution in [3.05, 3.63) is 40.1 Å². The van der Waals surface area contributed by atoms with Crippen molar-refractivity contribution in [1.29, 1.82) is 0 Å². The molecule has 1 aromatic carbocycles. The molecule has 102 valence electrons. The Morgan fingerprint density at radius 2 is 2.05 bits per heavy atom. The molecule has 0 aliphatic carbocycles. The Morgan fingerprint density at radius 1 is 1.25 bits per heavy atom. The van der Waals surface area contributed by atoms with Gasteiger partial charge in [-0.3, -0.25) is 0 Å². The van der Waals surface area contributed by atoms with Gasteiger partial charge < -0.3 is 4.74 Å². The van der Waals surface area contributed by atoms with E-state index in [2.05, 4.69) is 9.97 Å². The van der Waals surface area contributed by atoms with Crippen molar-refractivity contribution in [1.82, 2.24) is 9.97 Å². The van der Waals surface area contributed by atoms with Gasteiger partial charge in [0.25, 0.3) is 0 Å². The lowest BCUT2D eigenvalue weighted by Gasteiger charge is -2.07. The molecule has 6 heteroatoms. The number of fused-ring (bicyclic) bond motifs is 1. The summed E-state index contributed by atoms with van der Waals surface area (Å²) in [4.78, 5) is 9.31. The molecule has 0 saturated carbocycles. The standard InChI is InChI=1S/C14H10ClFN2OS/c1-7-3-4-8(16)11-10(7)13(15)18-14(17-11)12-9(19-2)5-6-20-12/h3-6H,1-2H3. The molecule has 2 heterocycles. The quantitative estimate of drug-likeness (QED) is 0.655. The van der Waals surface area contributed by atoms with E-state index < -0.39 is 5.82 Å². The summed E-state index contributed by atoms with van der Waals surface area (Å²) in [7, 11) is 1.57. The van der Waals surface area contributed by atoms with E-state index >= 15 is 0 Å². The first-order chi connectivity index (χ1) is 9.61. The smallest absolute Gasteiger partial charge is 0.175 e. The zero-order valence-electron chi connectivity index (χ0n) is 10.8. The van der Waals surface area contributed by atoms with Crippen LogP contribution in [0.2, 0.25) is 5.15 Å². The summed E-state index contributed by atoms with van der Waals surface area (Å²) in [5.74, 6) is 0.615. The van der Waals surface area contributed by atoms with Gasteiger partial charge in [-0.1, -0.05) is 17.7 Å². The lowest BCUT2D eigenvalue weighted by atomic mass is 10.1. The molecule has 0 fully saturated rings. The van der Waals surface area contributed by atoms with Crippen LogP contribution in [0.3, 0.4) is 0 Å². The average Bonchev–Trinajstić information content (AvgIpc) is 2.91. The van der Waals surface area contributed by atoms with Crippen molar-refractivity contribution in [2.24, 2.45) is 0 Å². The maximum absolute atomic E-state index is 14.0. The first kappa shape index (κ1) is 13.3. The molecular weight excluding hydrogens is 299 g/mol. The van der Waals surface area contributed by atoms with Crippen LogP contribution in [0.15, 0.2) is 23.6 Å². The van der Waals surface area contributed by atoms with Gasteiger partial charge in [0.2, 0.25) is 0 Å². The van der Waals surface area contributed by atoms with Gasteiger partial charge >= 0.3 is 0 Å². The molecule has 0 N–H and O–H groups in total. The second kappa shape index (κ2) is 5.00. The van der Waals surface area contributed by atoms with Crippen LogP contribution >= 0.6 is 22.9 Å². The third-order valence-corrected chi connectivity index (χ3v) is 4.18. The highest BCUT2D eigenvalue weighted by Gasteiger charge is 2.16. The second-order valence-corrected chi connectivity index (χ2v) is 5.52. The summed E-state index contributed by atoms with van der Waals surface area (Å²) < 4.78 is 19.2. The Bertz CT molecular complexity index is 803. The molecule has 0 spiro atoms. The molecule has 0 radical (unpaired) electrons. The Labute approximate surface area is 124 Å². The maximum atomic E-state index is 14.0. The summed E-state index contributed by atoms with van der Waals surface area (Å²) in [6.07, 6.45) is 0. The monoisotopic (exact) mass is 308 g/mol. The van der Waals surface area contributed by atoms with E-state index in [9.17, 15) is 4.39 Å². The van der Waals surface area contributed by atoms with Crippen molar-refractivity contribution < 1.29 is 9.13 Å². The number of ether oxygens (including phenoxy) is 1. The predicted octanol–water partition coefficient (Wildman–Crippen LogP) is 4.47. The lowest BCUT2D eigenvalue weighted by molar-refractivity contribution is 0.418. The van der Waals surface area contributed by atoms with Crippen LogP contribution in [0, 0.1) is 12.7 Å². The number of halogens is 2. The van der Waals surface area contributed by atoms with E-state index in [0.717, 1.165) is 10.4 Å². The number of aryl methyl sites for hydroxylation is 1. The van der Waals surface area contributed by atoms with E-state index in [1.165, 1.54) is 17.4 Å². The summed E-state index contributed by atoms with van der Waals surface area (Å²) in [5.41, 5.74) is 1.08. The topological polar surface area (TPSA) is 35.0 Å². The Hall–Kier alpha value is -1.72. The van der Waals surface area contributed by atoms with Crippen molar-refractivity contribution in [2.75, 3.05) is 7.11 Å². The summed E-state index contributed by atoms with van der Waals surface area (Å²) in [5, 5.41) is 2.66. The molecule has 3 aromatic rings. The van der Waals surface area contributed by atoms with Crippen molar-refractivity contribution in [3.8, 4) is 16.5 Å². The molecule has 20 heavy (non-hydrogen) atoms. The van der Waals surface area contributed by atoms with Crippen LogP contribution in [0.5, 0.6) is 5.75 Å². The van der Waals surface area contributed by atoms with Crippen LogP contribution in [-0.2, 0) is 0 Å². The molecule has 0 bridgehead atoms. The molecule has 3 nitrogen and oxygen atoms in total. The highest BCUT2D eigenvalue weighted by molar-refractivity contribution is 7.13. The Balaban J connectivity index is 2.32. The number of hydrogen-bond donors (Lipinski definition) is 0. The molecule has 0 aliphatic rings. The van der Waals surface area contributed by atoms with Crippen LogP contribution in [-0.4, -0.2) is 17.1 Å². The molecule has 0 unspecified atom stereocenters. The number of methoxy groups -OCH3 is 1. The summed E-state index contributed by atoms with van der Waals surface area (Å²) in [6.45, 7) is 1.85. The number of hydrogen-bond acceptors (Lipinski definition) is 4. The molecule has 0 aliphatic heterocycles. The normalized spacial score (nSPS) is 11.0. The minimum Gasteiger partial charge on any atom is -0.495 e. The van der Waals surface area contributed by atoms with Gasteiger partial charge in [0.15, 0.2) is 5.82 Å². The predicted molar refractivity (Wildman–Crippen MR) is 79.1 cm³/mol. The zero-order chi connectivity index (χ0) is 14.3. The van der Waals surface area contributed by atoms with E-state index in [-0.39, 0.29) is 10.7 Å². The first-order valence-electron chi connectivity index (χ1n) is 5.86. The number of aromatic nitrogens is 2. The zero-order valence-corrected chi connectivity index (χ0v) is 12.3. The van der Waals surface area contributed by atoms with Gasteiger partial charge in [-0.2, -0.15) is 0 Å². The van der Waals surface area contributed by atoms with Crippen molar-refractivity contribution in [2.45, 2.75) is 6.92 Å². The van der Waals surface area contributed by atoms with E-state index in [1.54, 1.807) is 13.2 Å². The fraction of sp³-hybridized carbons (Fsp3) is 0.143. The Kier molecular flexibility index (Phi) is 3.31. The van der Waals surface area contributed by atoms with Gasteiger partial charge in [0.05, 0.1) is 7.11 Å². The summed E-state index contributed by atoms with van der Waals surface area (Å²) >= 11 is 7.62. The SMILES string of the molecule is COc1ccsc1-c1nc(Cl)c2c(C)ccc(F)c2n1. The molecule has 0 saturated heterocycles. The van der Waals surface area contributed by atoms with E-state index in [1.807, 2.05) is 18.4 Å². The van der Waals surface area contributed by atoms with Crippen molar-refractivity contribution >= 4 is 33.8 Å². The molecule has 3 rings (SSSR count). The summed E-state index contributed by atoms with van der Waals surface area (Å²) in [6, 6.07) is 4.86. The van der Waals surface area contributed by atoms with Gasteiger partial charge in [-0.15, -0.1) is 11.3 Å². The largest absolute Gasteiger partial charge is 0.495 e. The van der Waals surface area contributed by atoms with E-state index in [4.69, 9.17) is 16.3 Å². The average molecular weight is 309 g/mol. The first-order valence-corrected chi connectivity index (χ1v) is 7.11. The van der Waals surface area contributed by atoms with Crippen LogP contribution < -0.4 is 4.74 Å². The minimum absolute atomic E-state index is 0.232. The van der Waals surface area contributed by atoms with E-state index in [0.29, 0.717) is 17.0 Å². The molecule has 0 amide bonds. The fourth-order valence-corrected chi connectivity index (χ4v) is 3.15.